The molecule has 0 saturated carbocycles. The van der Waals surface area contributed by atoms with E-state index in [0.29, 0.717) is 17.9 Å². The van der Waals surface area contributed by atoms with Crippen LogP contribution in [0.4, 0.5) is 5.82 Å². The molecule has 4 atom stereocenters. The summed E-state index contributed by atoms with van der Waals surface area (Å²) in [5, 5.41) is 0.127. The molecule has 8 nitrogen and oxygen atoms in total. The Morgan fingerprint density at radius 2 is 1.30 bits per heavy atom. The van der Waals surface area contributed by atoms with E-state index in [1.165, 1.54) is 0 Å². The van der Waals surface area contributed by atoms with Crippen LogP contribution < -0.4 is 5.73 Å². The van der Waals surface area contributed by atoms with Crippen LogP contribution in [-0.4, -0.2) is 64.4 Å². The van der Waals surface area contributed by atoms with Gasteiger partial charge in [0.1, 0.15) is 23.8 Å². The molecule has 1 aliphatic heterocycles. The van der Waals surface area contributed by atoms with Crippen molar-refractivity contribution < 1.29 is 18.0 Å². The molecule has 0 unspecified atom stereocenters. The number of imidazole rings is 1. The lowest BCUT2D eigenvalue weighted by Crippen LogP contribution is -2.54. The van der Waals surface area contributed by atoms with Crippen LogP contribution >= 0.6 is 0 Å². The summed E-state index contributed by atoms with van der Waals surface area (Å²) in [6, 6.07) is 1.94. The highest BCUT2D eigenvalue weighted by atomic mass is 28.4. The topological polar surface area (TPSA) is 93.7 Å². The fraction of sp³-hybridized carbons (Fsp3) is 0.793. The number of fused-ring (bicyclic) bond motifs is 1. The smallest absolute Gasteiger partial charge is 0.192 e. The van der Waals surface area contributed by atoms with E-state index >= 15 is 0 Å². The van der Waals surface area contributed by atoms with E-state index in [1.807, 2.05) is 6.07 Å². The van der Waals surface area contributed by atoms with E-state index in [0.717, 1.165) is 5.52 Å². The first kappa shape index (κ1) is 33.4. The van der Waals surface area contributed by atoms with Crippen molar-refractivity contribution in [3.8, 4) is 0 Å². The second-order valence-corrected chi connectivity index (χ2v) is 30.4. The Bertz CT molecular complexity index is 1180. The van der Waals surface area contributed by atoms with Crippen LogP contribution in [0.15, 0.2) is 18.6 Å². The van der Waals surface area contributed by atoms with E-state index in [9.17, 15) is 0 Å². The summed E-state index contributed by atoms with van der Waals surface area (Å²) in [6.45, 7) is 34.6. The minimum absolute atomic E-state index is 0.0140. The first-order valence-electron chi connectivity index (χ1n) is 14.6. The van der Waals surface area contributed by atoms with Crippen LogP contribution in [0, 0.1) is 0 Å². The Balaban J connectivity index is 2.15. The van der Waals surface area contributed by atoms with Gasteiger partial charge in [0.15, 0.2) is 37.0 Å². The maximum atomic E-state index is 7.25. The number of hydrogen-bond acceptors (Lipinski definition) is 7. The number of pyridine rings is 1. The average molecular weight is 609 g/mol. The molecule has 0 spiro atoms. The third kappa shape index (κ3) is 6.60. The number of aromatic nitrogens is 3. The van der Waals surface area contributed by atoms with Gasteiger partial charge in [-0.1, -0.05) is 62.3 Å². The zero-order valence-electron chi connectivity index (χ0n) is 27.8. The Morgan fingerprint density at radius 1 is 0.800 bits per heavy atom. The summed E-state index contributed by atoms with van der Waals surface area (Å²) in [5.74, 6) is 0.406. The second kappa shape index (κ2) is 10.9. The Kier molecular flexibility index (Phi) is 9.09. The van der Waals surface area contributed by atoms with Gasteiger partial charge >= 0.3 is 0 Å². The predicted molar refractivity (Wildman–Crippen MR) is 173 cm³/mol. The quantitative estimate of drug-likeness (QED) is 0.307. The second-order valence-electron chi connectivity index (χ2n) is 16.0. The van der Waals surface area contributed by atoms with Crippen molar-refractivity contribution >= 4 is 41.8 Å². The van der Waals surface area contributed by atoms with Crippen molar-refractivity contribution in [3.05, 3.63) is 18.6 Å². The number of nitrogen functional groups attached to an aromatic ring is 1. The highest BCUT2D eigenvalue weighted by Gasteiger charge is 2.55. The molecule has 1 saturated heterocycles. The van der Waals surface area contributed by atoms with Gasteiger partial charge in [0.25, 0.3) is 0 Å². The average Bonchev–Trinajstić information content (AvgIpc) is 3.32. The molecule has 228 valence electrons. The van der Waals surface area contributed by atoms with Crippen LogP contribution in [0.5, 0.6) is 0 Å². The summed E-state index contributed by atoms with van der Waals surface area (Å²) in [5.41, 5.74) is 7.74. The molecule has 3 heterocycles. The zero-order chi connectivity index (χ0) is 30.7. The van der Waals surface area contributed by atoms with Gasteiger partial charge in [-0.15, -0.1) is 0 Å². The number of hydrogen-bond donors (Lipinski definition) is 1. The van der Waals surface area contributed by atoms with Gasteiger partial charge in [0.2, 0.25) is 0 Å². The van der Waals surface area contributed by atoms with Crippen molar-refractivity contribution in [1.82, 2.24) is 14.5 Å². The van der Waals surface area contributed by atoms with Gasteiger partial charge in [-0.25, -0.2) is 9.97 Å². The maximum Gasteiger partial charge on any atom is 0.192 e. The molecule has 40 heavy (non-hydrogen) atoms. The molecule has 11 heteroatoms. The summed E-state index contributed by atoms with van der Waals surface area (Å²) < 4.78 is 30.3. The van der Waals surface area contributed by atoms with E-state index in [1.54, 1.807) is 12.5 Å². The number of nitrogens with zero attached hydrogens (tertiary/aromatic N) is 3. The molecule has 0 aliphatic carbocycles. The van der Waals surface area contributed by atoms with Gasteiger partial charge < -0.3 is 28.3 Å². The molecule has 0 aromatic carbocycles. The van der Waals surface area contributed by atoms with Crippen molar-refractivity contribution in [2.24, 2.45) is 0 Å². The SMILES string of the molecule is CC(C)(C)[Si](C)(C)OC[C@H]1O[C@@H](n2cnc3c(N)nccc32)[C@@H](O[Si](C)(C)C(C)(C)C)[C@H]1O[Si](C)(C)C(C)(C)C. The molecule has 2 aromatic rings. The van der Waals surface area contributed by atoms with Crippen molar-refractivity contribution in [2.75, 3.05) is 12.3 Å². The molecule has 2 aromatic heterocycles. The summed E-state index contributed by atoms with van der Waals surface area (Å²) >= 11 is 0. The first-order valence-corrected chi connectivity index (χ1v) is 23.3. The molecular weight excluding hydrogens is 553 g/mol. The minimum atomic E-state index is -2.23. The van der Waals surface area contributed by atoms with Crippen LogP contribution in [0.3, 0.4) is 0 Å². The number of rotatable bonds is 8. The number of nitrogens with two attached hydrogens (primary N) is 1. The third-order valence-corrected chi connectivity index (χ3v) is 23.4. The van der Waals surface area contributed by atoms with Crippen molar-refractivity contribution in [2.45, 2.75) is 141 Å². The lowest BCUT2D eigenvalue weighted by atomic mass is 10.1. The highest BCUT2D eigenvalue weighted by molar-refractivity contribution is 6.75. The van der Waals surface area contributed by atoms with Gasteiger partial charge in [-0.2, -0.15) is 0 Å². The van der Waals surface area contributed by atoms with Gasteiger partial charge in [-0.05, 0) is 60.5 Å². The lowest BCUT2D eigenvalue weighted by molar-refractivity contribution is -0.0468. The van der Waals surface area contributed by atoms with E-state index < -0.39 is 31.2 Å². The van der Waals surface area contributed by atoms with E-state index in [2.05, 4.69) is 116 Å². The van der Waals surface area contributed by atoms with Gasteiger partial charge in [0, 0.05) is 6.20 Å². The minimum Gasteiger partial charge on any atom is -0.414 e. The summed E-state index contributed by atoms with van der Waals surface area (Å²) in [6.07, 6.45) is 2.16. The normalized spacial score (nSPS) is 23.8. The lowest BCUT2D eigenvalue weighted by Gasteiger charge is -2.44. The van der Waals surface area contributed by atoms with Gasteiger partial charge in [-0.3, -0.25) is 0 Å². The fourth-order valence-electron chi connectivity index (χ4n) is 4.06. The molecule has 2 N–H and O–H groups in total. The first-order chi connectivity index (χ1) is 17.9. The maximum absolute atomic E-state index is 7.25. The molecule has 1 aliphatic rings. The standard InChI is InChI=1S/C29H56N4O4Si3/c1-27(2,3)38(10,11)34-18-21-23(36-39(12,13)28(4,5)6)24(37-40(14,15)29(7,8)9)26(35-21)33-19-32-22-20(33)16-17-31-25(22)30/h16-17,19,21,23-24,26H,18H2,1-15H3,(H2,30,31)/t21-,23+,24+,26-/m1/s1. The fourth-order valence-corrected chi connectivity index (χ4v) is 7.68. The molecular formula is C29H56N4O4Si3. The predicted octanol–water partition coefficient (Wildman–Crippen LogP) is 7.71. The van der Waals surface area contributed by atoms with Gasteiger partial charge in [0.05, 0.1) is 18.5 Å². The van der Waals surface area contributed by atoms with Crippen molar-refractivity contribution in [1.29, 1.82) is 0 Å². The Labute approximate surface area is 246 Å². The molecule has 0 bridgehead atoms. The van der Waals surface area contributed by atoms with E-state index in [4.69, 9.17) is 23.7 Å². The Hall–Kier alpha value is -1.09. The molecule has 0 amide bonds. The molecule has 0 radical (unpaired) electrons. The summed E-state index contributed by atoms with van der Waals surface area (Å²) in [4.78, 5) is 8.86. The van der Waals surface area contributed by atoms with Crippen LogP contribution in [0.25, 0.3) is 11.0 Å². The van der Waals surface area contributed by atoms with Crippen LogP contribution in [0.1, 0.15) is 68.5 Å². The molecule has 3 rings (SSSR count). The largest absolute Gasteiger partial charge is 0.414 e. The molecule has 1 fully saturated rings. The number of ether oxygens (including phenoxy) is 1. The summed E-state index contributed by atoms with van der Waals surface area (Å²) in [7, 11) is -6.48. The zero-order valence-corrected chi connectivity index (χ0v) is 30.8. The van der Waals surface area contributed by atoms with E-state index in [-0.39, 0.29) is 33.4 Å². The third-order valence-electron chi connectivity index (χ3n) is 9.97. The Morgan fingerprint density at radius 3 is 1.80 bits per heavy atom. The monoisotopic (exact) mass is 608 g/mol. The van der Waals surface area contributed by atoms with Crippen LogP contribution in [0.2, 0.25) is 54.4 Å². The highest BCUT2D eigenvalue weighted by Crippen LogP contribution is 2.47. The van der Waals surface area contributed by atoms with Crippen molar-refractivity contribution in [3.63, 3.8) is 0 Å². The van der Waals surface area contributed by atoms with Crippen LogP contribution in [-0.2, 0) is 18.0 Å². The number of anilines is 1.